The lowest BCUT2D eigenvalue weighted by Gasteiger charge is -2.04. The van der Waals surface area contributed by atoms with E-state index in [2.05, 4.69) is 11.9 Å². The third-order valence-corrected chi connectivity index (χ3v) is 2.02. The van der Waals surface area contributed by atoms with Gasteiger partial charge >= 0.3 is 5.97 Å². The number of amides is 1. The summed E-state index contributed by atoms with van der Waals surface area (Å²) in [6.45, 7) is 6.43. The van der Waals surface area contributed by atoms with Crippen molar-refractivity contribution in [3.63, 3.8) is 0 Å². The first-order chi connectivity index (χ1) is 7.70. The van der Waals surface area contributed by atoms with Crippen molar-refractivity contribution in [1.29, 1.82) is 0 Å². The van der Waals surface area contributed by atoms with Crippen LogP contribution in [0.2, 0.25) is 0 Å². The molecule has 4 heteroatoms. The molecule has 0 heterocycles. The molecule has 0 bridgehead atoms. The maximum absolute atomic E-state index is 11.0. The maximum atomic E-state index is 11.0. The fraction of sp³-hybridized carbons (Fsp3) is 0.667. The molecular weight excluding hydrogens is 206 g/mol. The van der Waals surface area contributed by atoms with Crippen molar-refractivity contribution in [2.45, 2.75) is 39.0 Å². The van der Waals surface area contributed by atoms with Gasteiger partial charge in [-0.2, -0.15) is 0 Å². The molecule has 0 aromatic rings. The van der Waals surface area contributed by atoms with E-state index in [4.69, 9.17) is 4.74 Å². The molecule has 0 aliphatic carbocycles. The van der Waals surface area contributed by atoms with Gasteiger partial charge in [-0.15, -0.1) is 0 Å². The van der Waals surface area contributed by atoms with Crippen LogP contribution in [0.3, 0.4) is 0 Å². The average molecular weight is 227 g/mol. The number of esters is 1. The molecule has 0 aliphatic rings. The van der Waals surface area contributed by atoms with Crippen molar-refractivity contribution >= 4 is 11.9 Å². The number of ether oxygens (including phenoxy) is 1. The smallest absolute Gasteiger partial charge is 0.305 e. The van der Waals surface area contributed by atoms with Crippen LogP contribution in [0.4, 0.5) is 0 Å². The third-order valence-electron chi connectivity index (χ3n) is 2.02. The lowest BCUT2D eigenvalue weighted by molar-refractivity contribution is -0.143. The minimum absolute atomic E-state index is 0.123. The predicted octanol–water partition coefficient (Wildman–Crippen LogP) is 1.80. The van der Waals surface area contributed by atoms with E-state index < -0.39 is 0 Å². The molecular formula is C12H21NO3. The van der Waals surface area contributed by atoms with E-state index in [1.807, 2.05) is 6.92 Å². The van der Waals surface area contributed by atoms with Crippen LogP contribution in [-0.4, -0.2) is 25.0 Å². The molecule has 0 aromatic heterocycles. The standard InChI is InChI=1S/C12H21NO3/c1-3-8-12(15)16-10-7-5-6-9-13-11(14)4-2/h4H,2-3,5-10H2,1H3,(H,13,14). The Morgan fingerprint density at radius 3 is 2.69 bits per heavy atom. The van der Waals surface area contributed by atoms with Crippen LogP contribution in [-0.2, 0) is 14.3 Å². The van der Waals surface area contributed by atoms with E-state index in [0.717, 1.165) is 25.7 Å². The second kappa shape index (κ2) is 10.2. The Hall–Kier alpha value is -1.32. The van der Waals surface area contributed by atoms with Crippen LogP contribution in [0.5, 0.6) is 0 Å². The molecule has 0 saturated carbocycles. The van der Waals surface area contributed by atoms with Crippen molar-refractivity contribution in [3.05, 3.63) is 12.7 Å². The summed E-state index contributed by atoms with van der Waals surface area (Å²) in [7, 11) is 0. The fourth-order valence-corrected chi connectivity index (χ4v) is 1.15. The van der Waals surface area contributed by atoms with Crippen molar-refractivity contribution in [2.24, 2.45) is 0 Å². The zero-order valence-electron chi connectivity index (χ0n) is 9.96. The van der Waals surface area contributed by atoms with Crippen molar-refractivity contribution in [2.75, 3.05) is 13.2 Å². The first-order valence-corrected chi connectivity index (χ1v) is 5.76. The zero-order valence-corrected chi connectivity index (χ0v) is 9.96. The van der Waals surface area contributed by atoms with Gasteiger partial charge in [0.2, 0.25) is 5.91 Å². The van der Waals surface area contributed by atoms with E-state index in [1.54, 1.807) is 0 Å². The highest BCUT2D eigenvalue weighted by Crippen LogP contribution is 1.97. The zero-order chi connectivity index (χ0) is 12.2. The molecule has 0 rings (SSSR count). The van der Waals surface area contributed by atoms with Crippen LogP contribution in [0.25, 0.3) is 0 Å². The molecule has 0 unspecified atom stereocenters. The molecule has 0 aliphatic heterocycles. The molecule has 0 radical (unpaired) electrons. The first kappa shape index (κ1) is 14.7. The summed E-state index contributed by atoms with van der Waals surface area (Å²) in [5.41, 5.74) is 0. The molecule has 92 valence electrons. The summed E-state index contributed by atoms with van der Waals surface area (Å²) in [6, 6.07) is 0. The highest BCUT2D eigenvalue weighted by molar-refractivity contribution is 5.86. The average Bonchev–Trinajstić information content (AvgIpc) is 2.27. The molecule has 4 nitrogen and oxygen atoms in total. The summed E-state index contributed by atoms with van der Waals surface area (Å²) >= 11 is 0. The van der Waals surface area contributed by atoms with Gasteiger partial charge in [0.15, 0.2) is 0 Å². The van der Waals surface area contributed by atoms with Crippen LogP contribution >= 0.6 is 0 Å². The van der Waals surface area contributed by atoms with Gasteiger partial charge in [0.05, 0.1) is 6.61 Å². The van der Waals surface area contributed by atoms with Gasteiger partial charge < -0.3 is 10.1 Å². The van der Waals surface area contributed by atoms with E-state index >= 15 is 0 Å². The van der Waals surface area contributed by atoms with E-state index in [9.17, 15) is 9.59 Å². The van der Waals surface area contributed by atoms with Gasteiger partial charge in [-0.3, -0.25) is 9.59 Å². The Labute approximate surface area is 97.1 Å². The lowest BCUT2D eigenvalue weighted by atomic mass is 10.2. The van der Waals surface area contributed by atoms with E-state index in [1.165, 1.54) is 6.08 Å². The van der Waals surface area contributed by atoms with E-state index in [0.29, 0.717) is 19.6 Å². The first-order valence-electron chi connectivity index (χ1n) is 5.76. The second-order valence-electron chi connectivity index (χ2n) is 3.53. The minimum Gasteiger partial charge on any atom is -0.466 e. The summed E-state index contributed by atoms with van der Waals surface area (Å²) in [6.07, 6.45) is 5.26. The van der Waals surface area contributed by atoms with Gasteiger partial charge in [-0.1, -0.05) is 13.5 Å². The van der Waals surface area contributed by atoms with Gasteiger partial charge in [-0.05, 0) is 31.8 Å². The summed E-state index contributed by atoms with van der Waals surface area (Å²) in [5.74, 6) is -0.267. The van der Waals surface area contributed by atoms with Crippen molar-refractivity contribution in [1.82, 2.24) is 5.32 Å². The largest absolute Gasteiger partial charge is 0.466 e. The molecule has 0 atom stereocenters. The Kier molecular flexibility index (Phi) is 9.36. The Morgan fingerprint density at radius 1 is 1.31 bits per heavy atom. The van der Waals surface area contributed by atoms with Gasteiger partial charge in [0.25, 0.3) is 0 Å². The topological polar surface area (TPSA) is 55.4 Å². The highest BCUT2D eigenvalue weighted by atomic mass is 16.5. The SMILES string of the molecule is C=CC(=O)NCCCCCOC(=O)CCC. The second-order valence-corrected chi connectivity index (χ2v) is 3.53. The summed E-state index contributed by atoms with van der Waals surface area (Å²) in [5, 5.41) is 2.69. The summed E-state index contributed by atoms with van der Waals surface area (Å²) < 4.78 is 4.99. The summed E-state index contributed by atoms with van der Waals surface area (Å²) in [4.78, 5) is 21.7. The number of unbranched alkanes of at least 4 members (excludes halogenated alkanes) is 2. The fourth-order valence-electron chi connectivity index (χ4n) is 1.15. The van der Waals surface area contributed by atoms with Crippen molar-refractivity contribution < 1.29 is 14.3 Å². The Balaban J connectivity index is 3.18. The number of carbonyl (C=O) groups is 2. The third kappa shape index (κ3) is 9.24. The number of nitrogens with one attached hydrogen (secondary N) is 1. The molecule has 1 amide bonds. The number of carbonyl (C=O) groups excluding carboxylic acids is 2. The van der Waals surface area contributed by atoms with Gasteiger partial charge in [-0.25, -0.2) is 0 Å². The molecule has 0 saturated heterocycles. The quantitative estimate of drug-likeness (QED) is 0.371. The molecule has 0 fully saturated rings. The van der Waals surface area contributed by atoms with Gasteiger partial charge in [0, 0.05) is 13.0 Å². The molecule has 0 spiro atoms. The molecule has 16 heavy (non-hydrogen) atoms. The lowest BCUT2D eigenvalue weighted by Crippen LogP contribution is -2.21. The predicted molar refractivity (Wildman–Crippen MR) is 62.9 cm³/mol. The molecule has 1 N–H and O–H groups in total. The normalized spacial score (nSPS) is 9.56. The molecule has 0 aromatic carbocycles. The van der Waals surface area contributed by atoms with Crippen LogP contribution in [0.1, 0.15) is 39.0 Å². The monoisotopic (exact) mass is 227 g/mol. The van der Waals surface area contributed by atoms with Crippen LogP contribution in [0.15, 0.2) is 12.7 Å². The van der Waals surface area contributed by atoms with Crippen LogP contribution < -0.4 is 5.32 Å². The Morgan fingerprint density at radius 2 is 2.06 bits per heavy atom. The van der Waals surface area contributed by atoms with Crippen molar-refractivity contribution in [3.8, 4) is 0 Å². The number of hydrogen-bond donors (Lipinski definition) is 1. The number of hydrogen-bond acceptors (Lipinski definition) is 3. The minimum atomic E-state index is -0.144. The van der Waals surface area contributed by atoms with Crippen LogP contribution in [0, 0.1) is 0 Å². The number of rotatable bonds is 9. The van der Waals surface area contributed by atoms with E-state index in [-0.39, 0.29) is 11.9 Å². The van der Waals surface area contributed by atoms with Gasteiger partial charge in [0.1, 0.15) is 0 Å². The maximum Gasteiger partial charge on any atom is 0.305 e. The Bertz CT molecular complexity index is 226. The highest BCUT2D eigenvalue weighted by Gasteiger charge is 1.99.